The monoisotopic (exact) mass is 792 g/mol. The minimum absolute atomic E-state index is 0.0332. The second-order valence-electron chi connectivity index (χ2n) is 15.0. The molecule has 0 bridgehead atoms. The van der Waals surface area contributed by atoms with Crippen LogP contribution in [0.25, 0.3) is 0 Å². The van der Waals surface area contributed by atoms with Crippen molar-refractivity contribution in [1.82, 2.24) is 20.3 Å². The fourth-order valence-electron chi connectivity index (χ4n) is 6.50. The summed E-state index contributed by atoms with van der Waals surface area (Å²) in [6, 6.07) is 38.5. The molecule has 1 saturated heterocycles. The van der Waals surface area contributed by atoms with E-state index in [1.807, 2.05) is 121 Å². The van der Waals surface area contributed by atoms with E-state index in [1.54, 1.807) is 31.6 Å². The topological polar surface area (TPSA) is 141 Å². The number of carbonyl (C=O) groups excluding carboxylic acids is 2. The predicted octanol–water partition coefficient (Wildman–Crippen LogP) is 6.76. The molecule has 6 atom stereocenters. The number of esters is 1. The highest BCUT2D eigenvalue weighted by Gasteiger charge is 2.50. The van der Waals surface area contributed by atoms with Crippen LogP contribution in [0.1, 0.15) is 54.9 Å². The number of nitrogens with zero attached hydrogens (tertiary/aromatic N) is 3. The molecule has 0 spiro atoms. The van der Waals surface area contributed by atoms with Crippen molar-refractivity contribution in [3.8, 4) is 0 Å². The van der Waals surface area contributed by atoms with E-state index >= 15 is 0 Å². The van der Waals surface area contributed by atoms with Crippen LogP contribution in [0, 0.1) is 0 Å². The number of carbonyl (C=O) groups is 2. The Kier molecular flexibility index (Phi) is 15.1. The van der Waals surface area contributed by atoms with Crippen molar-refractivity contribution in [2.45, 2.75) is 95.9 Å². The third kappa shape index (κ3) is 12.5. The summed E-state index contributed by atoms with van der Waals surface area (Å²) in [5.41, 5.74) is 3.53. The molecule has 13 heteroatoms. The number of benzene rings is 4. The van der Waals surface area contributed by atoms with Gasteiger partial charge in [0.25, 0.3) is 0 Å². The van der Waals surface area contributed by atoms with Crippen molar-refractivity contribution in [3.63, 3.8) is 0 Å². The molecule has 306 valence electrons. The summed E-state index contributed by atoms with van der Waals surface area (Å²) in [7, 11) is 1.25. The van der Waals surface area contributed by atoms with Crippen LogP contribution in [0.4, 0.5) is 4.79 Å². The Bertz CT molecular complexity index is 1980. The average Bonchev–Trinajstić information content (AvgIpc) is 3.70. The molecular weight excluding hydrogens is 741 g/mol. The number of aromatic nitrogens is 3. The quantitative estimate of drug-likeness (QED) is 0.0942. The molecule has 1 aliphatic rings. The Morgan fingerprint density at radius 3 is 1.69 bits per heavy atom. The fourth-order valence-corrected chi connectivity index (χ4v) is 6.50. The summed E-state index contributed by atoms with van der Waals surface area (Å²) < 4.78 is 45.6. The number of alkyl carbamates (subject to hydrolysis) is 1. The minimum atomic E-state index is -1.10. The van der Waals surface area contributed by atoms with Gasteiger partial charge < -0.3 is 38.5 Å². The van der Waals surface area contributed by atoms with Gasteiger partial charge in [-0.15, -0.1) is 5.10 Å². The van der Waals surface area contributed by atoms with E-state index in [0.29, 0.717) is 18.9 Å². The van der Waals surface area contributed by atoms with Crippen molar-refractivity contribution >= 4 is 12.1 Å². The molecule has 5 aromatic rings. The molecule has 1 N–H and O–H groups in total. The summed E-state index contributed by atoms with van der Waals surface area (Å²) in [6.45, 7) is 6.52. The van der Waals surface area contributed by atoms with Gasteiger partial charge in [-0.2, -0.15) is 0 Å². The zero-order valence-corrected chi connectivity index (χ0v) is 33.3. The Balaban J connectivity index is 1.34. The molecule has 2 heterocycles. The third-order valence-electron chi connectivity index (χ3n) is 9.27. The molecule has 1 aliphatic heterocycles. The van der Waals surface area contributed by atoms with Gasteiger partial charge in [0.15, 0.2) is 6.23 Å². The molecule has 58 heavy (non-hydrogen) atoms. The molecule has 0 saturated carbocycles. The highest BCUT2D eigenvalue weighted by Crippen LogP contribution is 2.36. The lowest BCUT2D eigenvalue weighted by Gasteiger charge is -2.46. The Morgan fingerprint density at radius 1 is 0.707 bits per heavy atom. The average molecular weight is 793 g/mol. The lowest BCUT2D eigenvalue weighted by Crippen LogP contribution is -2.59. The predicted molar refractivity (Wildman–Crippen MR) is 214 cm³/mol. The summed E-state index contributed by atoms with van der Waals surface area (Å²) in [5, 5.41) is 11.5. The molecule has 1 fully saturated rings. The highest BCUT2D eigenvalue weighted by atomic mass is 16.6. The van der Waals surface area contributed by atoms with Crippen LogP contribution >= 0.6 is 0 Å². The van der Waals surface area contributed by atoms with Crippen LogP contribution in [-0.4, -0.2) is 76.8 Å². The van der Waals surface area contributed by atoms with Crippen molar-refractivity contribution in [3.05, 3.63) is 155 Å². The first-order valence-corrected chi connectivity index (χ1v) is 19.4. The minimum Gasteiger partial charge on any atom is -0.467 e. The molecule has 13 nitrogen and oxygen atoms in total. The largest absolute Gasteiger partial charge is 0.467 e. The summed E-state index contributed by atoms with van der Waals surface area (Å²) in [4.78, 5) is 25.5. The van der Waals surface area contributed by atoms with E-state index in [9.17, 15) is 9.59 Å². The standard InChI is InChI=1S/C45H52N4O9/c1-45(2,3)58-44(51)46-37(43(50)52-4)25-36-26-49(48-47-36)42-41(56-30-35-23-15-8-16-24-35)40(55-29-34-21-13-7-14-22-34)39(54-28-33-19-11-6-12-20-33)38(57-42)31-53-27-32-17-9-5-10-18-32/h5-24,26,37-42H,25,27-31H2,1-4H3,(H,46,51)/t37-,38+,39+,40-,41+,42+/m0/s1. The summed E-state index contributed by atoms with van der Waals surface area (Å²) >= 11 is 0. The van der Waals surface area contributed by atoms with E-state index in [0.717, 1.165) is 22.3 Å². The van der Waals surface area contributed by atoms with Crippen LogP contribution < -0.4 is 5.32 Å². The smallest absolute Gasteiger partial charge is 0.408 e. The van der Waals surface area contributed by atoms with E-state index in [-0.39, 0.29) is 26.2 Å². The maximum absolute atomic E-state index is 12.8. The van der Waals surface area contributed by atoms with E-state index in [2.05, 4.69) is 15.6 Å². The van der Waals surface area contributed by atoms with Gasteiger partial charge in [-0.05, 0) is 43.0 Å². The molecule has 1 aromatic heterocycles. The Hall–Kier alpha value is -5.44. The van der Waals surface area contributed by atoms with Crippen LogP contribution in [0.2, 0.25) is 0 Å². The van der Waals surface area contributed by atoms with Crippen molar-refractivity contribution in [2.75, 3.05) is 13.7 Å². The van der Waals surface area contributed by atoms with Crippen LogP contribution in [0.3, 0.4) is 0 Å². The van der Waals surface area contributed by atoms with Gasteiger partial charge in [0, 0.05) is 6.42 Å². The maximum Gasteiger partial charge on any atom is 0.408 e. The first-order chi connectivity index (χ1) is 28.1. The summed E-state index contributed by atoms with van der Waals surface area (Å²) in [5.74, 6) is -0.665. The number of hydrogen-bond acceptors (Lipinski definition) is 11. The first kappa shape index (κ1) is 42.2. The molecule has 0 radical (unpaired) electrons. The SMILES string of the molecule is COC(=O)[C@H](Cc1cn([C@@H]2O[C@H](COCc3ccccc3)[C@@H](OCc3ccccc3)[C@H](OCc3ccccc3)[C@H]2OCc2ccccc2)nn1)NC(=O)OC(C)(C)C. The number of rotatable bonds is 18. The van der Waals surface area contributed by atoms with Crippen molar-refractivity contribution in [2.24, 2.45) is 0 Å². The van der Waals surface area contributed by atoms with Crippen molar-refractivity contribution in [1.29, 1.82) is 0 Å². The van der Waals surface area contributed by atoms with Gasteiger partial charge in [-0.3, -0.25) is 0 Å². The van der Waals surface area contributed by atoms with Gasteiger partial charge >= 0.3 is 12.1 Å². The van der Waals surface area contributed by atoms with Gasteiger partial charge in [0.05, 0.1) is 52.0 Å². The van der Waals surface area contributed by atoms with E-state index in [4.69, 9.17) is 33.2 Å². The molecule has 0 unspecified atom stereocenters. The van der Waals surface area contributed by atoms with Gasteiger partial charge in [0.1, 0.15) is 36.1 Å². The first-order valence-electron chi connectivity index (χ1n) is 19.4. The van der Waals surface area contributed by atoms with Crippen LogP contribution in [0.5, 0.6) is 0 Å². The number of methoxy groups -OCH3 is 1. The Morgan fingerprint density at radius 2 is 1.19 bits per heavy atom. The summed E-state index contributed by atoms with van der Waals surface area (Å²) in [6.07, 6.45) is -2.80. The zero-order chi connectivity index (χ0) is 40.7. The maximum atomic E-state index is 12.8. The lowest BCUT2D eigenvalue weighted by atomic mass is 9.97. The molecular formula is C45H52N4O9. The van der Waals surface area contributed by atoms with Crippen molar-refractivity contribution < 1.29 is 42.7 Å². The molecule has 4 aromatic carbocycles. The molecule has 6 rings (SSSR count). The van der Waals surface area contributed by atoms with Crippen LogP contribution in [-0.2, 0) is 70.8 Å². The number of ether oxygens (including phenoxy) is 7. The number of hydrogen-bond donors (Lipinski definition) is 1. The van der Waals surface area contributed by atoms with Crippen LogP contribution in [0.15, 0.2) is 128 Å². The Labute approximate surface area is 339 Å². The second kappa shape index (κ2) is 20.8. The zero-order valence-electron chi connectivity index (χ0n) is 33.3. The van der Waals surface area contributed by atoms with Gasteiger partial charge in [0.2, 0.25) is 0 Å². The number of nitrogens with one attached hydrogen (secondary N) is 1. The molecule has 1 amide bonds. The van der Waals surface area contributed by atoms with E-state index < -0.39 is 54.3 Å². The van der Waals surface area contributed by atoms with E-state index in [1.165, 1.54) is 7.11 Å². The fraction of sp³-hybridized carbons (Fsp3) is 0.378. The highest BCUT2D eigenvalue weighted by molar-refractivity contribution is 5.81. The van der Waals surface area contributed by atoms with Gasteiger partial charge in [-0.1, -0.05) is 127 Å². The lowest BCUT2D eigenvalue weighted by molar-refractivity contribution is -0.292. The second-order valence-corrected chi connectivity index (χ2v) is 15.0. The molecule has 0 aliphatic carbocycles. The third-order valence-corrected chi connectivity index (χ3v) is 9.27. The normalized spacial score (nSPS) is 19.9. The number of amides is 1. The van der Waals surface area contributed by atoms with Gasteiger partial charge in [-0.25, -0.2) is 14.3 Å².